The first-order chi connectivity index (χ1) is 13.7. The molecule has 0 bridgehead atoms. The standard InChI is InChI=1S/C21H17ClFN5/c22-19-9-20(28-21(27-19)17(12-26-28)14-5-6-14)25-10-13-1-3-15(4-2-13)18-8-7-16(23)11-24-18/h1-4,7-9,11-12,14,25H,5-6,10H2. The highest BCUT2D eigenvalue weighted by molar-refractivity contribution is 6.29. The van der Waals surface area contributed by atoms with Gasteiger partial charge in [0.25, 0.3) is 0 Å². The molecule has 1 aliphatic rings. The molecule has 1 aromatic carbocycles. The Morgan fingerprint density at radius 1 is 1.11 bits per heavy atom. The molecule has 1 aliphatic carbocycles. The molecule has 0 spiro atoms. The van der Waals surface area contributed by atoms with E-state index in [2.05, 4.69) is 20.4 Å². The van der Waals surface area contributed by atoms with E-state index in [0.717, 1.165) is 28.3 Å². The van der Waals surface area contributed by atoms with Crippen LogP contribution in [0.3, 0.4) is 0 Å². The molecule has 7 heteroatoms. The van der Waals surface area contributed by atoms with Crippen molar-refractivity contribution in [1.82, 2.24) is 19.6 Å². The lowest BCUT2D eigenvalue weighted by Crippen LogP contribution is -2.06. The number of pyridine rings is 1. The van der Waals surface area contributed by atoms with Gasteiger partial charge in [-0.15, -0.1) is 0 Å². The summed E-state index contributed by atoms with van der Waals surface area (Å²) in [7, 11) is 0. The Hall–Kier alpha value is -2.99. The fourth-order valence-corrected chi connectivity index (χ4v) is 3.47. The maximum atomic E-state index is 13.0. The van der Waals surface area contributed by atoms with E-state index in [1.807, 2.05) is 35.0 Å². The summed E-state index contributed by atoms with van der Waals surface area (Å²) in [6.45, 7) is 0.616. The lowest BCUT2D eigenvalue weighted by molar-refractivity contribution is 0.622. The normalized spacial score (nSPS) is 13.8. The average molecular weight is 394 g/mol. The van der Waals surface area contributed by atoms with E-state index in [4.69, 9.17) is 11.6 Å². The molecular weight excluding hydrogens is 377 g/mol. The van der Waals surface area contributed by atoms with E-state index >= 15 is 0 Å². The molecule has 1 saturated carbocycles. The molecule has 0 unspecified atom stereocenters. The van der Waals surface area contributed by atoms with E-state index in [1.165, 1.54) is 30.7 Å². The topological polar surface area (TPSA) is 55.1 Å². The first kappa shape index (κ1) is 17.1. The van der Waals surface area contributed by atoms with E-state index in [9.17, 15) is 4.39 Å². The fourth-order valence-electron chi connectivity index (χ4n) is 3.29. The van der Waals surface area contributed by atoms with Gasteiger partial charge in [-0.3, -0.25) is 4.98 Å². The molecule has 0 atom stereocenters. The number of rotatable bonds is 5. The van der Waals surface area contributed by atoms with Crippen LogP contribution in [0.5, 0.6) is 0 Å². The van der Waals surface area contributed by atoms with Crippen molar-refractivity contribution in [3.8, 4) is 11.3 Å². The molecule has 0 saturated heterocycles. The van der Waals surface area contributed by atoms with Crippen molar-refractivity contribution < 1.29 is 4.39 Å². The number of aromatic nitrogens is 4. The molecule has 5 nitrogen and oxygen atoms in total. The summed E-state index contributed by atoms with van der Waals surface area (Å²) >= 11 is 6.23. The van der Waals surface area contributed by atoms with Crippen LogP contribution in [0.2, 0.25) is 5.15 Å². The zero-order valence-corrected chi connectivity index (χ0v) is 15.7. The maximum absolute atomic E-state index is 13.0. The zero-order valence-electron chi connectivity index (χ0n) is 14.9. The first-order valence-corrected chi connectivity index (χ1v) is 9.54. The van der Waals surface area contributed by atoms with Gasteiger partial charge in [-0.1, -0.05) is 35.9 Å². The van der Waals surface area contributed by atoms with Crippen molar-refractivity contribution in [3.05, 3.63) is 77.0 Å². The van der Waals surface area contributed by atoms with Crippen LogP contribution in [-0.4, -0.2) is 19.6 Å². The Bertz CT molecular complexity index is 1130. The minimum Gasteiger partial charge on any atom is -0.366 e. The van der Waals surface area contributed by atoms with Gasteiger partial charge in [-0.2, -0.15) is 9.61 Å². The summed E-state index contributed by atoms with van der Waals surface area (Å²) in [6, 6.07) is 12.9. The molecule has 4 aromatic rings. The average Bonchev–Trinajstić information content (AvgIpc) is 3.46. The molecule has 1 N–H and O–H groups in total. The van der Waals surface area contributed by atoms with Crippen molar-refractivity contribution in [1.29, 1.82) is 0 Å². The third-order valence-electron chi connectivity index (χ3n) is 4.94. The molecule has 1 fully saturated rings. The van der Waals surface area contributed by atoms with E-state index in [-0.39, 0.29) is 5.82 Å². The van der Waals surface area contributed by atoms with Crippen LogP contribution < -0.4 is 5.32 Å². The zero-order chi connectivity index (χ0) is 19.1. The highest BCUT2D eigenvalue weighted by Crippen LogP contribution is 2.42. The first-order valence-electron chi connectivity index (χ1n) is 9.16. The summed E-state index contributed by atoms with van der Waals surface area (Å²) in [5, 5.41) is 8.34. The molecule has 3 aromatic heterocycles. The van der Waals surface area contributed by atoms with Crippen molar-refractivity contribution >= 4 is 23.1 Å². The fraction of sp³-hybridized carbons (Fsp3) is 0.190. The number of anilines is 1. The smallest absolute Gasteiger partial charge is 0.162 e. The highest BCUT2D eigenvalue weighted by Gasteiger charge is 2.28. The van der Waals surface area contributed by atoms with Crippen LogP contribution >= 0.6 is 11.6 Å². The van der Waals surface area contributed by atoms with Crippen LogP contribution in [0, 0.1) is 5.82 Å². The molecule has 3 heterocycles. The molecule has 5 rings (SSSR count). The molecule has 140 valence electrons. The third-order valence-corrected chi connectivity index (χ3v) is 5.13. The number of nitrogens with zero attached hydrogens (tertiary/aromatic N) is 4. The van der Waals surface area contributed by atoms with Gasteiger partial charge in [-0.25, -0.2) is 9.37 Å². The number of fused-ring (bicyclic) bond motifs is 1. The summed E-state index contributed by atoms with van der Waals surface area (Å²) in [5.41, 5.74) is 4.78. The lowest BCUT2D eigenvalue weighted by atomic mass is 10.1. The second-order valence-electron chi connectivity index (χ2n) is 6.99. The summed E-state index contributed by atoms with van der Waals surface area (Å²) in [5.74, 6) is 1.03. The Kier molecular flexibility index (Phi) is 4.20. The van der Waals surface area contributed by atoms with E-state index in [0.29, 0.717) is 17.6 Å². The molecule has 0 amide bonds. The van der Waals surface area contributed by atoms with Gasteiger partial charge in [0, 0.05) is 23.7 Å². The van der Waals surface area contributed by atoms with Gasteiger partial charge < -0.3 is 5.32 Å². The van der Waals surface area contributed by atoms with Gasteiger partial charge in [0.15, 0.2) is 5.65 Å². The van der Waals surface area contributed by atoms with Crippen LogP contribution in [0.15, 0.2) is 54.9 Å². The predicted octanol–water partition coefficient (Wildman–Crippen LogP) is 5.07. The van der Waals surface area contributed by atoms with Gasteiger partial charge in [0.2, 0.25) is 0 Å². The minimum atomic E-state index is -0.338. The third kappa shape index (κ3) is 3.31. The Morgan fingerprint density at radius 2 is 1.93 bits per heavy atom. The van der Waals surface area contributed by atoms with Crippen molar-refractivity contribution in [2.24, 2.45) is 0 Å². The van der Waals surface area contributed by atoms with Crippen LogP contribution in [0.1, 0.15) is 29.9 Å². The van der Waals surface area contributed by atoms with Gasteiger partial charge in [-0.05, 0) is 36.5 Å². The summed E-state index contributed by atoms with van der Waals surface area (Å²) < 4.78 is 14.8. The summed E-state index contributed by atoms with van der Waals surface area (Å²) in [6.07, 6.45) is 5.50. The van der Waals surface area contributed by atoms with Gasteiger partial charge in [0.05, 0.1) is 18.1 Å². The van der Waals surface area contributed by atoms with Gasteiger partial charge >= 0.3 is 0 Å². The second kappa shape index (κ2) is 6.87. The monoisotopic (exact) mass is 393 g/mol. The van der Waals surface area contributed by atoms with Gasteiger partial charge in [0.1, 0.15) is 16.8 Å². The summed E-state index contributed by atoms with van der Waals surface area (Å²) in [4.78, 5) is 8.57. The Balaban J connectivity index is 1.35. The van der Waals surface area contributed by atoms with Crippen LogP contribution in [-0.2, 0) is 6.54 Å². The number of benzene rings is 1. The molecular formula is C21H17ClFN5. The lowest BCUT2D eigenvalue weighted by Gasteiger charge is -2.10. The quantitative estimate of drug-likeness (QED) is 0.481. The van der Waals surface area contributed by atoms with Crippen molar-refractivity contribution in [2.75, 3.05) is 5.32 Å². The molecule has 0 aliphatic heterocycles. The van der Waals surface area contributed by atoms with E-state index < -0.39 is 0 Å². The Labute approximate surface area is 166 Å². The minimum absolute atomic E-state index is 0.338. The Morgan fingerprint density at radius 3 is 2.64 bits per heavy atom. The van der Waals surface area contributed by atoms with Crippen LogP contribution in [0.4, 0.5) is 10.2 Å². The maximum Gasteiger partial charge on any atom is 0.162 e. The van der Waals surface area contributed by atoms with E-state index in [1.54, 1.807) is 12.1 Å². The van der Waals surface area contributed by atoms with Crippen molar-refractivity contribution in [3.63, 3.8) is 0 Å². The number of halogens is 2. The number of hydrogen-bond donors (Lipinski definition) is 1. The SMILES string of the molecule is Fc1ccc(-c2ccc(CNc3cc(Cl)nc4c(C5CC5)cnn34)cc2)nc1. The predicted molar refractivity (Wildman–Crippen MR) is 107 cm³/mol. The second-order valence-corrected chi connectivity index (χ2v) is 7.37. The number of nitrogens with one attached hydrogen (secondary N) is 1. The van der Waals surface area contributed by atoms with Crippen molar-refractivity contribution in [2.45, 2.75) is 25.3 Å². The molecule has 0 radical (unpaired) electrons. The number of hydrogen-bond acceptors (Lipinski definition) is 4. The highest BCUT2D eigenvalue weighted by atomic mass is 35.5. The largest absolute Gasteiger partial charge is 0.366 e. The molecule has 28 heavy (non-hydrogen) atoms. The van der Waals surface area contributed by atoms with Crippen LogP contribution in [0.25, 0.3) is 16.9 Å².